The molecule has 2 heterocycles. The van der Waals surface area contributed by atoms with Crippen LogP contribution in [0.25, 0.3) is 0 Å². The molecule has 0 aliphatic carbocycles. The monoisotopic (exact) mass is 302 g/mol. The number of ether oxygens (including phenoxy) is 1. The molecule has 2 N–H and O–H groups in total. The maximum Gasteiger partial charge on any atom is 0.239 e. The van der Waals surface area contributed by atoms with Crippen LogP contribution in [0.3, 0.4) is 0 Å². The van der Waals surface area contributed by atoms with Crippen LogP contribution in [0.15, 0.2) is 30.3 Å². The summed E-state index contributed by atoms with van der Waals surface area (Å²) in [7, 11) is 0. The van der Waals surface area contributed by atoms with Gasteiger partial charge >= 0.3 is 0 Å². The van der Waals surface area contributed by atoms with Gasteiger partial charge in [-0.25, -0.2) is 0 Å². The van der Waals surface area contributed by atoms with Gasteiger partial charge in [0.1, 0.15) is 0 Å². The Bertz CT molecular complexity index is 485. The third kappa shape index (κ3) is 3.68. The number of rotatable bonds is 4. The minimum Gasteiger partial charge on any atom is -0.381 e. The minimum atomic E-state index is -0.348. The quantitative estimate of drug-likeness (QED) is 0.923. The van der Waals surface area contributed by atoms with E-state index in [4.69, 9.17) is 10.5 Å². The van der Waals surface area contributed by atoms with Crippen LogP contribution < -0.4 is 5.73 Å². The molecule has 1 amide bonds. The molecule has 2 unspecified atom stereocenters. The van der Waals surface area contributed by atoms with Crippen LogP contribution in [0.4, 0.5) is 0 Å². The van der Waals surface area contributed by atoms with Crippen LogP contribution in [0.1, 0.15) is 24.8 Å². The van der Waals surface area contributed by atoms with E-state index in [1.54, 1.807) is 0 Å². The van der Waals surface area contributed by atoms with Crippen LogP contribution in [-0.2, 0) is 16.0 Å². The molecule has 120 valence electrons. The smallest absolute Gasteiger partial charge is 0.239 e. The van der Waals surface area contributed by atoms with E-state index in [1.807, 2.05) is 11.0 Å². The van der Waals surface area contributed by atoms with Gasteiger partial charge in [-0.3, -0.25) is 4.79 Å². The zero-order valence-electron chi connectivity index (χ0n) is 13.1. The largest absolute Gasteiger partial charge is 0.381 e. The number of nitrogens with two attached hydrogens (primary N) is 1. The van der Waals surface area contributed by atoms with E-state index in [2.05, 4.69) is 24.3 Å². The predicted molar refractivity (Wildman–Crippen MR) is 86.4 cm³/mol. The van der Waals surface area contributed by atoms with Crippen molar-refractivity contribution >= 4 is 5.91 Å². The van der Waals surface area contributed by atoms with Crippen LogP contribution in [-0.4, -0.2) is 43.2 Å². The van der Waals surface area contributed by atoms with Gasteiger partial charge < -0.3 is 15.4 Å². The summed E-state index contributed by atoms with van der Waals surface area (Å²) in [4.78, 5) is 14.6. The fourth-order valence-corrected chi connectivity index (χ4v) is 3.63. The number of benzene rings is 1. The highest BCUT2D eigenvalue weighted by Crippen LogP contribution is 2.24. The zero-order valence-corrected chi connectivity index (χ0v) is 13.1. The first-order valence-corrected chi connectivity index (χ1v) is 8.40. The molecule has 2 aliphatic heterocycles. The molecule has 3 rings (SSSR count). The highest BCUT2D eigenvalue weighted by Gasteiger charge is 2.33. The van der Waals surface area contributed by atoms with Gasteiger partial charge in [0.25, 0.3) is 0 Å². The molecule has 0 bridgehead atoms. The van der Waals surface area contributed by atoms with E-state index in [0.29, 0.717) is 5.92 Å². The summed E-state index contributed by atoms with van der Waals surface area (Å²) in [5, 5.41) is 0. The number of carbonyl (C=O) groups excluding carboxylic acids is 1. The molecule has 2 fully saturated rings. The summed E-state index contributed by atoms with van der Waals surface area (Å²) in [5.74, 6) is 0.991. The Morgan fingerprint density at radius 1 is 1.23 bits per heavy atom. The molecule has 0 saturated carbocycles. The summed E-state index contributed by atoms with van der Waals surface area (Å²) in [5.41, 5.74) is 7.58. The lowest BCUT2D eigenvalue weighted by Crippen LogP contribution is -2.48. The molecule has 22 heavy (non-hydrogen) atoms. The third-order valence-corrected chi connectivity index (χ3v) is 5.02. The molecular formula is C18H26N2O2. The van der Waals surface area contributed by atoms with Gasteiger partial charge in [-0.15, -0.1) is 0 Å². The van der Waals surface area contributed by atoms with Crippen molar-refractivity contribution in [1.29, 1.82) is 0 Å². The van der Waals surface area contributed by atoms with E-state index in [1.165, 1.54) is 5.56 Å². The van der Waals surface area contributed by atoms with Crippen LogP contribution in [0.2, 0.25) is 0 Å². The molecule has 1 aromatic carbocycles. The molecule has 4 nitrogen and oxygen atoms in total. The van der Waals surface area contributed by atoms with Crippen molar-refractivity contribution in [2.75, 3.05) is 26.3 Å². The molecule has 4 heteroatoms. The SMILES string of the molecule is NC(C(=O)N1CCC(Cc2ccccc2)C1)C1CCOCC1. The Kier molecular flexibility index (Phi) is 5.11. The Labute approximate surface area is 132 Å². The summed E-state index contributed by atoms with van der Waals surface area (Å²) >= 11 is 0. The normalized spacial score (nSPS) is 24.4. The molecule has 2 atom stereocenters. The highest BCUT2D eigenvalue weighted by molar-refractivity contribution is 5.82. The van der Waals surface area contributed by atoms with Crippen molar-refractivity contribution in [3.8, 4) is 0 Å². The highest BCUT2D eigenvalue weighted by atomic mass is 16.5. The maximum absolute atomic E-state index is 12.6. The fraction of sp³-hybridized carbons (Fsp3) is 0.611. The number of carbonyl (C=O) groups is 1. The summed E-state index contributed by atoms with van der Waals surface area (Å²) < 4.78 is 5.36. The Morgan fingerprint density at radius 2 is 1.95 bits per heavy atom. The van der Waals surface area contributed by atoms with E-state index < -0.39 is 0 Å². The van der Waals surface area contributed by atoms with Crippen molar-refractivity contribution < 1.29 is 9.53 Å². The first-order valence-electron chi connectivity index (χ1n) is 8.40. The number of hydrogen-bond donors (Lipinski definition) is 1. The van der Waals surface area contributed by atoms with Crippen molar-refractivity contribution in [3.63, 3.8) is 0 Å². The van der Waals surface area contributed by atoms with Gasteiger partial charge in [0.2, 0.25) is 5.91 Å². The molecule has 0 radical (unpaired) electrons. The zero-order chi connectivity index (χ0) is 15.4. The third-order valence-electron chi connectivity index (χ3n) is 5.02. The van der Waals surface area contributed by atoms with Crippen molar-refractivity contribution in [3.05, 3.63) is 35.9 Å². The van der Waals surface area contributed by atoms with E-state index in [9.17, 15) is 4.79 Å². The first kappa shape index (κ1) is 15.5. The van der Waals surface area contributed by atoms with Gasteiger partial charge in [0, 0.05) is 26.3 Å². The van der Waals surface area contributed by atoms with E-state index >= 15 is 0 Å². The average molecular weight is 302 g/mol. The van der Waals surface area contributed by atoms with Gasteiger partial charge in [-0.2, -0.15) is 0 Å². The summed E-state index contributed by atoms with van der Waals surface area (Å²) in [6, 6.07) is 10.2. The molecule has 1 aromatic rings. The predicted octanol–water partition coefficient (Wildman–Crippen LogP) is 1.83. The van der Waals surface area contributed by atoms with Gasteiger partial charge in [-0.05, 0) is 43.1 Å². The summed E-state index contributed by atoms with van der Waals surface area (Å²) in [6.45, 7) is 3.18. The Hall–Kier alpha value is -1.39. The number of likely N-dealkylation sites (tertiary alicyclic amines) is 1. The fourth-order valence-electron chi connectivity index (χ4n) is 3.63. The van der Waals surface area contributed by atoms with Crippen LogP contribution in [0, 0.1) is 11.8 Å². The maximum atomic E-state index is 12.6. The van der Waals surface area contributed by atoms with Crippen LogP contribution >= 0.6 is 0 Å². The Balaban J connectivity index is 1.52. The number of nitrogens with zero attached hydrogens (tertiary/aromatic N) is 1. The van der Waals surface area contributed by atoms with Gasteiger partial charge in [0.15, 0.2) is 0 Å². The molecular weight excluding hydrogens is 276 g/mol. The average Bonchev–Trinajstić information content (AvgIpc) is 3.04. The molecule has 0 aromatic heterocycles. The van der Waals surface area contributed by atoms with E-state index in [-0.39, 0.29) is 17.9 Å². The van der Waals surface area contributed by atoms with Crippen molar-refractivity contribution in [2.45, 2.75) is 31.7 Å². The number of amides is 1. The van der Waals surface area contributed by atoms with Crippen molar-refractivity contribution in [2.24, 2.45) is 17.6 Å². The lowest BCUT2D eigenvalue weighted by Gasteiger charge is -2.29. The lowest BCUT2D eigenvalue weighted by atomic mass is 9.91. The van der Waals surface area contributed by atoms with E-state index in [0.717, 1.165) is 52.0 Å². The minimum absolute atomic E-state index is 0.141. The first-order chi connectivity index (χ1) is 10.7. The van der Waals surface area contributed by atoms with Crippen molar-refractivity contribution in [1.82, 2.24) is 4.90 Å². The summed E-state index contributed by atoms with van der Waals surface area (Å²) in [6.07, 6.45) is 3.96. The second-order valence-electron chi connectivity index (χ2n) is 6.60. The Morgan fingerprint density at radius 3 is 2.68 bits per heavy atom. The lowest BCUT2D eigenvalue weighted by molar-refractivity contribution is -0.133. The second-order valence-corrected chi connectivity index (χ2v) is 6.60. The number of hydrogen-bond acceptors (Lipinski definition) is 3. The molecule has 2 saturated heterocycles. The molecule has 0 spiro atoms. The second kappa shape index (κ2) is 7.25. The van der Waals surface area contributed by atoms with Crippen LogP contribution in [0.5, 0.6) is 0 Å². The molecule has 2 aliphatic rings. The van der Waals surface area contributed by atoms with Gasteiger partial charge in [-0.1, -0.05) is 30.3 Å². The topological polar surface area (TPSA) is 55.6 Å². The van der Waals surface area contributed by atoms with Gasteiger partial charge in [0.05, 0.1) is 6.04 Å². The standard InChI is InChI=1S/C18H26N2O2/c19-17(16-7-10-22-11-8-16)18(21)20-9-6-15(13-20)12-14-4-2-1-3-5-14/h1-5,15-17H,6-13,19H2.